The number of anilines is 2. The lowest BCUT2D eigenvalue weighted by molar-refractivity contribution is 0.102. The number of hydrogen-bond donors (Lipinski definition) is 2. The molecule has 0 fully saturated rings. The quantitative estimate of drug-likeness (QED) is 0.688. The first-order valence-electron chi connectivity index (χ1n) is 8.21. The van der Waals surface area contributed by atoms with Gasteiger partial charge < -0.3 is 14.8 Å². The lowest BCUT2D eigenvalue weighted by Gasteiger charge is -2.13. The van der Waals surface area contributed by atoms with Crippen LogP contribution in [0.2, 0.25) is 5.02 Å². The maximum absolute atomic E-state index is 12.5. The van der Waals surface area contributed by atoms with E-state index in [1.54, 1.807) is 18.2 Å². The van der Waals surface area contributed by atoms with Gasteiger partial charge in [0.15, 0.2) is 11.5 Å². The third-order valence-electron chi connectivity index (χ3n) is 3.33. The maximum Gasteiger partial charge on any atom is 0.255 e. The highest BCUT2D eigenvalue weighted by molar-refractivity contribution is 7.92. The molecule has 0 aromatic heterocycles. The van der Waals surface area contributed by atoms with Crippen molar-refractivity contribution in [2.45, 2.75) is 13.8 Å². The van der Waals surface area contributed by atoms with Crippen LogP contribution in [0.4, 0.5) is 11.4 Å². The average Bonchev–Trinajstić information content (AvgIpc) is 2.58. The molecular formula is C18H21ClN2O5S. The minimum Gasteiger partial charge on any atom is -0.490 e. The average molecular weight is 413 g/mol. The van der Waals surface area contributed by atoms with Gasteiger partial charge in [0, 0.05) is 17.3 Å². The Kier molecular flexibility index (Phi) is 6.92. The summed E-state index contributed by atoms with van der Waals surface area (Å²) in [7, 11) is -3.52. The van der Waals surface area contributed by atoms with Crippen molar-refractivity contribution in [1.82, 2.24) is 0 Å². The highest BCUT2D eigenvalue weighted by atomic mass is 35.5. The van der Waals surface area contributed by atoms with Crippen molar-refractivity contribution in [2.75, 3.05) is 29.5 Å². The Morgan fingerprint density at radius 3 is 2.33 bits per heavy atom. The number of halogens is 1. The van der Waals surface area contributed by atoms with Gasteiger partial charge in [-0.15, -0.1) is 0 Å². The summed E-state index contributed by atoms with van der Waals surface area (Å²) >= 11 is 5.98. The number of carbonyl (C=O) groups is 1. The van der Waals surface area contributed by atoms with Crippen LogP contribution in [0.3, 0.4) is 0 Å². The van der Waals surface area contributed by atoms with E-state index in [0.717, 1.165) is 6.26 Å². The third kappa shape index (κ3) is 6.04. The van der Waals surface area contributed by atoms with Gasteiger partial charge in [-0.2, -0.15) is 0 Å². The number of sulfonamides is 1. The van der Waals surface area contributed by atoms with E-state index in [1.807, 2.05) is 13.8 Å². The van der Waals surface area contributed by atoms with Crippen LogP contribution in [0, 0.1) is 0 Å². The second-order valence-corrected chi connectivity index (χ2v) is 7.71. The van der Waals surface area contributed by atoms with Gasteiger partial charge in [0.1, 0.15) is 0 Å². The normalized spacial score (nSPS) is 11.0. The van der Waals surface area contributed by atoms with Crippen molar-refractivity contribution in [1.29, 1.82) is 0 Å². The molecule has 0 bridgehead atoms. The molecule has 0 atom stereocenters. The predicted octanol–water partition coefficient (Wildman–Crippen LogP) is 3.76. The zero-order valence-corrected chi connectivity index (χ0v) is 16.8. The Hall–Kier alpha value is -2.45. The van der Waals surface area contributed by atoms with E-state index in [2.05, 4.69) is 10.0 Å². The van der Waals surface area contributed by atoms with E-state index >= 15 is 0 Å². The smallest absolute Gasteiger partial charge is 0.255 e. The van der Waals surface area contributed by atoms with Crippen molar-refractivity contribution < 1.29 is 22.7 Å². The number of benzene rings is 2. The van der Waals surface area contributed by atoms with Crippen LogP contribution in [0.15, 0.2) is 36.4 Å². The number of hydrogen-bond acceptors (Lipinski definition) is 5. The second-order valence-electron chi connectivity index (χ2n) is 5.55. The molecule has 27 heavy (non-hydrogen) atoms. The molecule has 0 spiro atoms. The van der Waals surface area contributed by atoms with Crippen molar-refractivity contribution in [3.05, 3.63) is 47.0 Å². The van der Waals surface area contributed by atoms with E-state index in [0.29, 0.717) is 30.4 Å². The van der Waals surface area contributed by atoms with E-state index in [4.69, 9.17) is 21.1 Å². The minimum absolute atomic E-state index is 0.133. The number of ether oxygens (including phenoxy) is 2. The van der Waals surface area contributed by atoms with E-state index in [1.165, 1.54) is 18.2 Å². The Bertz CT molecular complexity index is 931. The summed E-state index contributed by atoms with van der Waals surface area (Å²) in [6.07, 6.45) is 1.01. The Balaban J connectivity index is 2.24. The molecule has 0 saturated carbocycles. The summed E-state index contributed by atoms with van der Waals surface area (Å²) in [6.45, 7) is 4.67. The molecule has 0 aliphatic carbocycles. The Morgan fingerprint density at radius 1 is 1.04 bits per heavy atom. The first-order chi connectivity index (χ1) is 12.7. The molecule has 0 heterocycles. The van der Waals surface area contributed by atoms with Gasteiger partial charge in [0.25, 0.3) is 5.91 Å². The van der Waals surface area contributed by atoms with Crippen molar-refractivity contribution >= 4 is 38.9 Å². The molecular weight excluding hydrogens is 392 g/mol. The summed E-state index contributed by atoms with van der Waals surface area (Å²) in [5.41, 5.74) is 0.894. The SMILES string of the molecule is CCOc1ccc(NC(=O)c2ccc(Cl)c(NS(C)(=O)=O)c2)cc1OCC. The first-order valence-corrected chi connectivity index (χ1v) is 10.5. The van der Waals surface area contributed by atoms with Gasteiger partial charge in [-0.3, -0.25) is 9.52 Å². The van der Waals surface area contributed by atoms with E-state index < -0.39 is 15.9 Å². The molecule has 0 aliphatic rings. The fourth-order valence-electron chi connectivity index (χ4n) is 2.28. The van der Waals surface area contributed by atoms with Crippen LogP contribution in [-0.4, -0.2) is 33.8 Å². The van der Waals surface area contributed by atoms with Gasteiger partial charge in [-0.05, 0) is 44.2 Å². The third-order valence-corrected chi connectivity index (χ3v) is 4.25. The summed E-state index contributed by atoms with van der Waals surface area (Å²) in [5, 5.41) is 2.93. The molecule has 7 nitrogen and oxygen atoms in total. The molecule has 1 amide bonds. The van der Waals surface area contributed by atoms with Gasteiger partial charge in [0.05, 0.1) is 30.2 Å². The summed E-state index contributed by atoms with van der Waals surface area (Å²) < 4.78 is 36.1. The van der Waals surface area contributed by atoms with Crippen LogP contribution in [0.25, 0.3) is 0 Å². The van der Waals surface area contributed by atoms with Crippen LogP contribution >= 0.6 is 11.6 Å². The minimum atomic E-state index is -3.52. The number of carbonyl (C=O) groups excluding carboxylic acids is 1. The van der Waals surface area contributed by atoms with Crippen LogP contribution in [-0.2, 0) is 10.0 Å². The first kappa shape index (κ1) is 20.9. The Morgan fingerprint density at radius 2 is 1.70 bits per heavy atom. The maximum atomic E-state index is 12.5. The number of nitrogens with one attached hydrogen (secondary N) is 2. The van der Waals surface area contributed by atoms with Gasteiger partial charge in [-0.25, -0.2) is 8.42 Å². The van der Waals surface area contributed by atoms with E-state index in [-0.39, 0.29) is 16.3 Å². The van der Waals surface area contributed by atoms with Gasteiger partial charge in [-0.1, -0.05) is 11.6 Å². The molecule has 2 N–H and O–H groups in total. The summed E-state index contributed by atoms with van der Waals surface area (Å²) in [6, 6.07) is 9.39. The Labute approximate surface area is 163 Å². The van der Waals surface area contributed by atoms with Crippen LogP contribution in [0.1, 0.15) is 24.2 Å². The van der Waals surface area contributed by atoms with Crippen molar-refractivity contribution in [3.63, 3.8) is 0 Å². The lowest BCUT2D eigenvalue weighted by Crippen LogP contribution is -2.14. The van der Waals surface area contributed by atoms with Crippen molar-refractivity contribution in [2.24, 2.45) is 0 Å². The van der Waals surface area contributed by atoms with Crippen LogP contribution < -0.4 is 19.5 Å². The molecule has 146 valence electrons. The summed E-state index contributed by atoms with van der Waals surface area (Å²) in [5.74, 6) is 0.686. The van der Waals surface area contributed by atoms with Crippen molar-refractivity contribution in [3.8, 4) is 11.5 Å². The lowest BCUT2D eigenvalue weighted by atomic mass is 10.2. The van der Waals surface area contributed by atoms with Gasteiger partial charge >= 0.3 is 0 Å². The predicted molar refractivity (Wildman–Crippen MR) is 107 cm³/mol. The second kappa shape index (κ2) is 8.96. The van der Waals surface area contributed by atoms with Gasteiger partial charge in [0.2, 0.25) is 10.0 Å². The zero-order chi connectivity index (χ0) is 20.0. The highest BCUT2D eigenvalue weighted by Gasteiger charge is 2.13. The topological polar surface area (TPSA) is 93.7 Å². The summed E-state index contributed by atoms with van der Waals surface area (Å²) in [4.78, 5) is 12.5. The highest BCUT2D eigenvalue weighted by Crippen LogP contribution is 2.31. The molecule has 0 radical (unpaired) electrons. The standard InChI is InChI=1S/C18H21ClN2O5S/c1-4-25-16-9-7-13(11-17(16)26-5-2)20-18(22)12-6-8-14(19)15(10-12)21-27(3,23)24/h6-11,21H,4-5H2,1-3H3,(H,20,22). The number of amides is 1. The molecule has 0 aliphatic heterocycles. The zero-order valence-electron chi connectivity index (χ0n) is 15.2. The van der Waals surface area contributed by atoms with Crippen LogP contribution in [0.5, 0.6) is 11.5 Å². The molecule has 0 saturated heterocycles. The monoisotopic (exact) mass is 412 g/mol. The largest absolute Gasteiger partial charge is 0.490 e. The molecule has 2 aromatic rings. The molecule has 2 aromatic carbocycles. The van der Waals surface area contributed by atoms with E-state index in [9.17, 15) is 13.2 Å². The molecule has 2 rings (SSSR count). The number of rotatable bonds is 8. The fraction of sp³-hybridized carbons (Fsp3) is 0.278. The fourth-order valence-corrected chi connectivity index (χ4v) is 3.07. The molecule has 0 unspecified atom stereocenters. The molecule has 9 heteroatoms.